The van der Waals surface area contributed by atoms with Gasteiger partial charge in [0.25, 0.3) is 0 Å². The number of benzene rings is 2. The van der Waals surface area contributed by atoms with Crippen LogP contribution in [0.3, 0.4) is 0 Å². The second kappa shape index (κ2) is 9.62. The molecule has 1 saturated heterocycles. The summed E-state index contributed by atoms with van der Waals surface area (Å²) >= 11 is 5.93. The van der Waals surface area contributed by atoms with Gasteiger partial charge in [0, 0.05) is 16.5 Å². The highest BCUT2D eigenvalue weighted by molar-refractivity contribution is 6.30. The molecule has 1 aliphatic heterocycles. The van der Waals surface area contributed by atoms with Crippen LogP contribution >= 0.6 is 11.6 Å². The minimum Gasteiger partial charge on any atom is -0.349 e. The smallest absolute Gasteiger partial charge is 0.241 e. The SMILES string of the molecule is Cc1ccccc1C(C)NC(=O)C1CCN(Cc2nc(-c3ccc(Cl)cc3)no2)CC1. The molecular formula is C24H27ClN4O2. The van der Waals surface area contributed by atoms with Crippen molar-refractivity contribution in [1.29, 1.82) is 0 Å². The summed E-state index contributed by atoms with van der Waals surface area (Å²) < 4.78 is 5.42. The van der Waals surface area contributed by atoms with Crippen LogP contribution in [0.25, 0.3) is 11.4 Å². The Morgan fingerprint density at radius 3 is 2.61 bits per heavy atom. The van der Waals surface area contributed by atoms with E-state index in [1.165, 1.54) is 11.1 Å². The highest BCUT2D eigenvalue weighted by Crippen LogP contribution is 2.23. The van der Waals surface area contributed by atoms with Crippen LogP contribution in [0.2, 0.25) is 5.02 Å². The maximum atomic E-state index is 12.8. The molecular weight excluding hydrogens is 412 g/mol. The Bertz CT molecular complexity index is 1030. The van der Waals surface area contributed by atoms with Gasteiger partial charge in [0.15, 0.2) is 0 Å². The number of aromatic nitrogens is 2. The minimum absolute atomic E-state index is 0.0106. The lowest BCUT2D eigenvalue weighted by atomic mass is 9.94. The number of amides is 1. The van der Waals surface area contributed by atoms with Crippen LogP contribution < -0.4 is 5.32 Å². The van der Waals surface area contributed by atoms with E-state index in [9.17, 15) is 4.79 Å². The molecule has 1 amide bonds. The molecule has 1 aliphatic rings. The third-order valence-electron chi connectivity index (χ3n) is 5.90. The van der Waals surface area contributed by atoms with Gasteiger partial charge in [-0.3, -0.25) is 9.69 Å². The topological polar surface area (TPSA) is 71.3 Å². The first-order valence-corrected chi connectivity index (χ1v) is 11.0. The van der Waals surface area contributed by atoms with Crippen molar-refractivity contribution in [2.24, 2.45) is 5.92 Å². The molecule has 7 heteroatoms. The fourth-order valence-corrected chi connectivity index (χ4v) is 4.19. The van der Waals surface area contributed by atoms with Gasteiger partial charge in [0.05, 0.1) is 12.6 Å². The van der Waals surface area contributed by atoms with E-state index in [1.54, 1.807) is 0 Å². The quantitative estimate of drug-likeness (QED) is 0.599. The van der Waals surface area contributed by atoms with Crippen molar-refractivity contribution in [2.75, 3.05) is 13.1 Å². The van der Waals surface area contributed by atoms with Crippen LogP contribution in [0.15, 0.2) is 53.1 Å². The fourth-order valence-electron chi connectivity index (χ4n) is 4.06. The van der Waals surface area contributed by atoms with E-state index in [1.807, 2.05) is 43.3 Å². The van der Waals surface area contributed by atoms with E-state index in [0.717, 1.165) is 31.5 Å². The van der Waals surface area contributed by atoms with Crippen molar-refractivity contribution in [1.82, 2.24) is 20.4 Å². The van der Waals surface area contributed by atoms with Gasteiger partial charge in [-0.1, -0.05) is 41.0 Å². The molecule has 0 radical (unpaired) electrons. The van der Waals surface area contributed by atoms with Crippen LogP contribution in [0, 0.1) is 12.8 Å². The van der Waals surface area contributed by atoms with Crippen molar-refractivity contribution in [3.05, 3.63) is 70.6 Å². The summed E-state index contributed by atoms with van der Waals surface area (Å²) in [4.78, 5) is 19.5. The number of aryl methyl sites for hydroxylation is 1. The molecule has 1 unspecified atom stereocenters. The number of hydrogen-bond donors (Lipinski definition) is 1. The van der Waals surface area contributed by atoms with Crippen molar-refractivity contribution < 1.29 is 9.32 Å². The summed E-state index contributed by atoms with van der Waals surface area (Å²) in [5.74, 6) is 1.32. The number of nitrogens with zero attached hydrogens (tertiary/aromatic N) is 3. The maximum absolute atomic E-state index is 12.8. The summed E-state index contributed by atoms with van der Waals surface area (Å²) in [7, 11) is 0. The van der Waals surface area contributed by atoms with E-state index >= 15 is 0 Å². The molecule has 0 saturated carbocycles. The Labute approximate surface area is 187 Å². The number of likely N-dealkylation sites (tertiary alicyclic amines) is 1. The van der Waals surface area contributed by atoms with Crippen molar-refractivity contribution in [2.45, 2.75) is 39.3 Å². The van der Waals surface area contributed by atoms with Gasteiger partial charge in [-0.2, -0.15) is 4.98 Å². The highest BCUT2D eigenvalue weighted by Gasteiger charge is 2.27. The Hall–Kier alpha value is -2.70. The zero-order valence-electron chi connectivity index (χ0n) is 17.8. The molecule has 0 bridgehead atoms. The van der Waals surface area contributed by atoms with Crippen molar-refractivity contribution >= 4 is 17.5 Å². The van der Waals surface area contributed by atoms with Crippen molar-refractivity contribution in [3.63, 3.8) is 0 Å². The van der Waals surface area contributed by atoms with Crippen molar-refractivity contribution in [3.8, 4) is 11.4 Å². The van der Waals surface area contributed by atoms with Gasteiger partial charge in [-0.05, 0) is 75.2 Å². The first kappa shape index (κ1) is 21.5. The standard InChI is InChI=1S/C24H27ClN4O2/c1-16-5-3-4-6-21(16)17(2)26-24(30)19-11-13-29(14-12-19)15-22-27-23(28-31-22)18-7-9-20(25)10-8-18/h3-10,17,19H,11-15H2,1-2H3,(H,26,30). The van der Waals surface area contributed by atoms with Gasteiger partial charge < -0.3 is 9.84 Å². The first-order chi connectivity index (χ1) is 15.0. The van der Waals surface area contributed by atoms with Crippen LogP contribution in [0.4, 0.5) is 0 Å². The number of hydrogen-bond acceptors (Lipinski definition) is 5. The lowest BCUT2D eigenvalue weighted by molar-refractivity contribution is -0.127. The van der Waals surface area contributed by atoms with E-state index < -0.39 is 0 Å². The zero-order valence-corrected chi connectivity index (χ0v) is 18.6. The number of nitrogens with one attached hydrogen (secondary N) is 1. The number of carbonyl (C=O) groups excluding carboxylic acids is 1. The van der Waals surface area contributed by atoms with Crippen LogP contribution in [-0.4, -0.2) is 34.0 Å². The lowest BCUT2D eigenvalue weighted by Crippen LogP contribution is -2.41. The van der Waals surface area contributed by atoms with Crippen LogP contribution in [0.1, 0.15) is 42.8 Å². The summed E-state index contributed by atoms with van der Waals surface area (Å²) in [6, 6.07) is 15.6. The summed E-state index contributed by atoms with van der Waals surface area (Å²) in [5, 5.41) is 7.94. The third-order valence-corrected chi connectivity index (χ3v) is 6.15. The molecule has 6 nitrogen and oxygen atoms in total. The molecule has 1 fully saturated rings. The number of rotatable bonds is 6. The van der Waals surface area contributed by atoms with Gasteiger partial charge in [0.2, 0.25) is 17.6 Å². The molecule has 0 aliphatic carbocycles. The number of halogens is 1. The third kappa shape index (κ3) is 5.32. The van der Waals surface area contributed by atoms with Gasteiger partial charge in [-0.15, -0.1) is 0 Å². The lowest BCUT2D eigenvalue weighted by Gasteiger charge is -2.31. The average molecular weight is 439 g/mol. The predicted octanol–water partition coefficient (Wildman–Crippen LogP) is 4.79. The van der Waals surface area contributed by atoms with Crippen LogP contribution in [-0.2, 0) is 11.3 Å². The molecule has 2 aromatic carbocycles. The Morgan fingerprint density at radius 1 is 1.19 bits per heavy atom. The maximum Gasteiger partial charge on any atom is 0.241 e. The summed E-state index contributed by atoms with van der Waals surface area (Å²) in [5.41, 5.74) is 3.24. The predicted molar refractivity (Wildman–Crippen MR) is 120 cm³/mol. The molecule has 0 spiro atoms. The van der Waals surface area contributed by atoms with E-state index in [0.29, 0.717) is 23.3 Å². The normalized spacial score (nSPS) is 16.2. The monoisotopic (exact) mass is 438 g/mol. The number of carbonyl (C=O) groups is 1. The Morgan fingerprint density at radius 2 is 1.90 bits per heavy atom. The molecule has 162 valence electrons. The second-order valence-electron chi connectivity index (χ2n) is 8.16. The molecule has 4 rings (SSSR count). The fraction of sp³-hybridized carbons (Fsp3) is 0.375. The number of piperidine rings is 1. The van der Waals surface area contributed by atoms with E-state index in [2.05, 4.69) is 39.4 Å². The van der Waals surface area contributed by atoms with Gasteiger partial charge in [-0.25, -0.2) is 0 Å². The molecule has 1 atom stereocenters. The van der Waals surface area contributed by atoms with Crippen LogP contribution in [0.5, 0.6) is 0 Å². The Balaban J connectivity index is 1.27. The molecule has 3 aromatic rings. The average Bonchev–Trinajstić information content (AvgIpc) is 3.23. The van der Waals surface area contributed by atoms with E-state index in [-0.39, 0.29) is 17.9 Å². The summed E-state index contributed by atoms with van der Waals surface area (Å²) in [6.45, 7) is 6.37. The minimum atomic E-state index is 0.0106. The zero-order chi connectivity index (χ0) is 21.8. The van der Waals surface area contributed by atoms with Gasteiger partial charge >= 0.3 is 0 Å². The van der Waals surface area contributed by atoms with E-state index in [4.69, 9.17) is 16.1 Å². The molecule has 1 aromatic heterocycles. The summed E-state index contributed by atoms with van der Waals surface area (Å²) in [6.07, 6.45) is 1.65. The first-order valence-electron chi connectivity index (χ1n) is 10.7. The second-order valence-corrected chi connectivity index (χ2v) is 8.59. The Kier molecular flexibility index (Phi) is 6.68. The molecule has 1 N–H and O–H groups in total. The molecule has 31 heavy (non-hydrogen) atoms. The van der Waals surface area contributed by atoms with Gasteiger partial charge in [0.1, 0.15) is 0 Å². The molecule has 2 heterocycles. The highest BCUT2D eigenvalue weighted by atomic mass is 35.5. The largest absolute Gasteiger partial charge is 0.349 e.